The summed E-state index contributed by atoms with van der Waals surface area (Å²) in [6.45, 7) is 3.63. The van der Waals surface area contributed by atoms with Gasteiger partial charge in [-0.2, -0.15) is 0 Å². The van der Waals surface area contributed by atoms with Gasteiger partial charge in [0.05, 0.1) is 0 Å². The van der Waals surface area contributed by atoms with E-state index >= 15 is 0 Å². The maximum absolute atomic E-state index is 11.1. The predicted octanol–water partition coefficient (Wildman–Crippen LogP) is 0.798. The minimum Gasteiger partial charge on any atom is -0.341 e. The van der Waals surface area contributed by atoms with Gasteiger partial charge in [-0.1, -0.05) is 13.0 Å². The smallest absolute Gasteiger partial charge is 0.321 e. The maximum atomic E-state index is 11.1. The molecule has 0 unspecified atom stereocenters. The van der Waals surface area contributed by atoms with Crippen LogP contribution in [0.15, 0.2) is 11.6 Å². The van der Waals surface area contributed by atoms with Gasteiger partial charge in [0.1, 0.15) is 0 Å². The molecule has 0 radical (unpaired) electrons. The molecule has 0 aliphatic rings. The van der Waals surface area contributed by atoms with Crippen molar-refractivity contribution in [3.8, 4) is 0 Å². The molecule has 4 nitrogen and oxygen atoms in total. The van der Waals surface area contributed by atoms with E-state index in [1.54, 1.807) is 13.0 Å². The van der Waals surface area contributed by atoms with Crippen molar-refractivity contribution in [3.05, 3.63) is 11.6 Å². The average Bonchev–Trinajstić information content (AvgIpc) is 2.06. The molecule has 0 fully saturated rings. The zero-order valence-corrected chi connectivity index (χ0v) is 7.60. The summed E-state index contributed by atoms with van der Waals surface area (Å²) in [5.74, 6) is -0.334. The standard InChI is InChI=1S/C8H14N2O2/c1-4-6(5-2)7(11)10-8(12)9-3/h4H,5H2,1-3H3,(H2,9,10,11,12). The van der Waals surface area contributed by atoms with E-state index in [4.69, 9.17) is 0 Å². The Labute approximate surface area is 72.0 Å². The highest BCUT2D eigenvalue weighted by Crippen LogP contribution is 1.98. The molecule has 0 spiro atoms. The highest BCUT2D eigenvalue weighted by molar-refractivity contribution is 6.03. The number of hydrogen-bond donors (Lipinski definition) is 2. The fourth-order valence-electron chi connectivity index (χ4n) is 0.742. The van der Waals surface area contributed by atoms with Crippen molar-refractivity contribution in [1.82, 2.24) is 10.6 Å². The number of hydrogen-bond acceptors (Lipinski definition) is 2. The first-order valence-electron chi connectivity index (χ1n) is 3.83. The molecule has 0 saturated heterocycles. The van der Waals surface area contributed by atoms with E-state index in [0.717, 1.165) is 0 Å². The lowest BCUT2D eigenvalue weighted by atomic mass is 10.2. The first-order chi connectivity index (χ1) is 5.65. The normalized spacial score (nSPS) is 10.8. The average molecular weight is 170 g/mol. The van der Waals surface area contributed by atoms with Gasteiger partial charge in [0.25, 0.3) is 5.91 Å². The van der Waals surface area contributed by atoms with Crippen LogP contribution in [0.5, 0.6) is 0 Å². The second-order valence-electron chi connectivity index (χ2n) is 2.20. The Kier molecular flexibility index (Phi) is 4.76. The second kappa shape index (κ2) is 5.35. The third-order valence-electron chi connectivity index (χ3n) is 1.48. The molecule has 2 N–H and O–H groups in total. The van der Waals surface area contributed by atoms with Gasteiger partial charge in [-0.25, -0.2) is 4.79 Å². The highest BCUT2D eigenvalue weighted by atomic mass is 16.2. The molecule has 0 heterocycles. The predicted molar refractivity (Wildman–Crippen MR) is 46.6 cm³/mol. The van der Waals surface area contributed by atoms with Crippen molar-refractivity contribution in [3.63, 3.8) is 0 Å². The van der Waals surface area contributed by atoms with Crippen molar-refractivity contribution in [2.24, 2.45) is 0 Å². The molecule has 0 aliphatic heterocycles. The Morgan fingerprint density at radius 2 is 2.00 bits per heavy atom. The van der Waals surface area contributed by atoms with Gasteiger partial charge in [-0.15, -0.1) is 0 Å². The van der Waals surface area contributed by atoms with Crippen LogP contribution in [-0.4, -0.2) is 19.0 Å². The fraction of sp³-hybridized carbons (Fsp3) is 0.500. The molecule has 0 aromatic carbocycles. The lowest BCUT2D eigenvalue weighted by molar-refractivity contribution is -0.116. The molecule has 0 saturated carbocycles. The van der Waals surface area contributed by atoms with Crippen LogP contribution in [0.2, 0.25) is 0 Å². The summed E-state index contributed by atoms with van der Waals surface area (Å²) in [4.78, 5) is 21.8. The largest absolute Gasteiger partial charge is 0.341 e. The number of amides is 3. The summed E-state index contributed by atoms with van der Waals surface area (Å²) in [5.41, 5.74) is 0.610. The van der Waals surface area contributed by atoms with Gasteiger partial charge in [-0.05, 0) is 13.3 Å². The molecule has 0 bridgehead atoms. The van der Waals surface area contributed by atoms with Crippen LogP contribution in [-0.2, 0) is 4.79 Å². The van der Waals surface area contributed by atoms with E-state index in [9.17, 15) is 9.59 Å². The second-order valence-corrected chi connectivity index (χ2v) is 2.20. The third kappa shape index (κ3) is 3.18. The van der Waals surface area contributed by atoms with Crippen molar-refractivity contribution in [2.45, 2.75) is 20.3 Å². The lowest BCUT2D eigenvalue weighted by Gasteiger charge is -2.03. The topological polar surface area (TPSA) is 58.2 Å². The Hall–Kier alpha value is -1.32. The number of carbonyl (C=O) groups is 2. The van der Waals surface area contributed by atoms with Crippen LogP contribution in [0.3, 0.4) is 0 Å². The van der Waals surface area contributed by atoms with Crippen LogP contribution in [0.25, 0.3) is 0 Å². The van der Waals surface area contributed by atoms with Crippen LogP contribution in [0.4, 0.5) is 4.79 Å². The molecule has 4 heteroatoms. The number of rotatable bonds is 2. The van der Waals surface area contributed by atoms with E-state index in [1.807, 2.05) is 6.92 Å². The molecule has 0 aromatic rings. The van der Waals surface area contributed by atoms with Crippen LogP contribution < -0.4 is 10.6 Å². The first kappa shape index (κ1) is 10.7. The summed E-state index contributed by atoms with van der Waals surface area (Å²) >= 11 is 0. The Bertz CT molecular complexity index is 209. The quantitative estimate of drug-likeness (QED) is 0.602. The molecular formula is C8H14N2O2. The molecule has 3 amide bonds. The summed E-state index contributed by atoms with van der Waals surface area (Å²) < 4.78 is 0. The van der Waals surface area contributed by atoms with E-state index in [-0.39, 0.29) is 5.91 Å². The summed E-state index contributed by atoms with van der Waals surface area (Å²) in [7, 11) is 1.46. The number of imide groups is 1. The Morgan fingerprint density at radius 1 is 1.42 bits per heavy atom. The third-order valence-corrected chi connectivity index (χ3v) is 1.48. The lowest BCUT2D eigenvalue weighted by Crippen LogP contribution is -2.38. The molecule has 68 valence electrons. The highest BCUT2D eigenvalue weighted by Gasteiger charge is 2.08. The molecular weight excluding hydrogens is 156 g/mol. The SMILES string of the molecule is CC=C(CC)C(=O)NC(=O)NC. The Morgan fingerprint density at radius 3 is 2.33 bits per heavy atom. The maximum Gasteiger partial charge on any atom is 0.321 e. The first-order valence-corrected chi connectivity index (χ1v) is 3.83. The summed E-state index contributed by atoms with van der Waals surface area (Å²) in [6.07, 6.45) is 2.32. The minimum atomic E-state index is -0.479. The van der Waals surface area contributed by atoms with E-state index in [1.165, 1.54) is 7.05 Å². The molecule has 0 atom stereocenters. The zero-order chi connectivity index (χ0) is 9.56. The number of allylic oxidation sites excluding steroid dienone is 1. The van der Waals surface area contributed by atoms with Crippen molar-refractivity contribution in [2.75, 3.05) is 7.05 Å². The van der Waals surface area contributed by atoms with Crippen LogP contribution in [0.1, 0.15) is 20.3 Å². The van der Waals surface area contributed by atoms with E-state index in [0.29, 0.717) is 12.0 Å². The van der Waals surface area contributed by atoms with Crippen molar-refractivity contribution < 1.29 is 9.59 Å². The van der Waals surface area contributed by atoms with Crippen molar-refractivity contribution >= 4 is 11.9 Å². The van der Waals surface area contributed by atoms with Gasteiger partial charge in [0, 0.05) is 12.6 Å². The van der Waals surface area contributed by atoms with Crippen LogP contribution >= 0.6 is 0 Å². The zero-order valence-electron chi connectivity index (χ0n) is 7.60. The number of nitrogens with one attached hydrogen (secondary N) is 2. The van der Waals surface area contributed by atoms with Crippen LogP contribution in [0, 0.1) is 0 Å². The molecule has 0 aromatic heterocycles. The van der Waals surface area contributed by atoms with Gasteiger partial charge in [0.2, 0.25) is 0 Å². The fourth-order valence-corrected chi connectivity index (χ4v) is 0.742. The monoisotopic (exact) mass is 170 g/mol. The molecule has 12 heavy (non-hydrogen) atoms. The molecule has 0 aliphatic carbocycles. The van der Waals surface area contributed by atoms with Gasteiger partial charge >= 0.3 is 6.03 Å². The molecule has 0 rings (SSSR count). The summed E-state index contributed by atoms with van der Waals surface area (Å²) in [6, 6.07) is -0.479. The number of carbonyl (C=O) groups excluding carboxylic acids is 2. The Balaban J connectivity index is 4.12. The van der Waals surface area contributed by atoms with Gasteiger partial charge < -0.3 is 5.32 Å². The minimum absolute atomic E-state index is 0.334. The number of urea groups is 1. The van der Waals surface area contributed by atoms with E-state index < -0.39 is 6.03 Å². The van der Waals surface area contributed by atoms with Crippen molar-refractivity contribution in [1.29, 1.82) is 0 Å². The van der Waals surface area contributed by atoms with E-state index in [2.05, 4.69) is 10.6 Å². The van der Waals surface area contributed by atoms with Gasteiger partial charge in [-0.3, -0.25) is 10.1 Å². The summed E-state index contributed by atoms with van der Waals surface area (Å²) in [5, 5.41) is 4.48. The van der Waals surface area contributed by atoms with Gasteiger partial charge in [0.15, 0.2) is 0 Å².